The van der Waals surface area contributed by atoms with Gasteiger partial charge in [0.1, 0.15) is 0 Å². The van der Waals surface area contributed by atoms with Gasteiger partial charge in [0.15, 0.2) is 0 Å². The summed E-state index contributed by atoms with van der Waals surface area (Å²) in [6.45, 7) is 5.57. The Balaban J connectivity index is 1.45. The van der Waals surface area contributed by atoms with E-state index < -0.39 is 0 Å². The van der Waals surface area contributed by atoms with E-state index >= 15 is 0 Å². The summed E-state index contributed by atoms with van der Waals surface area (Å²) < 4.78 is 2.00. The Kier molecular flexibility index (Phi) is 5.90. The van der Waals surface area contributed by atoms with Crippen LogP contribution < -0.4 is 5.32 Å². The molecule has 1 fully saturated rings. The number of aromatic nitrogens is 2. The Morgan fingerprint density at radius 3 is 2.52 bits per heavy atom. The summed E-state index contributed by atoms with van der Waals surface area (Å²) in [6.07, 6.45) is 7.50. The van der Waals surface area contributed by atoms with Gasteiger partial charge in [-0.15, -0.1) is 0 Å². The van der Waals surface area contributed by atoms with Crippen LogP contribution in [0.2, 0.25) is 0 Å². The maximum Gasteiger partial charge on any atom is 0.251 e. The molecular weight excluding hydrogens is 310 g/mol. The van der Waals surface area contributed by atoms with Crippen molar-refractivity contribution < 1.29 is 4.79 Å². The molecule has 0 saturated heterocycles. The van der Waals surface area contributed by atoms with E-state index in [1.807, 2.05) is 23.7 Å². The lowest BCUT2D eigenvalue weighted by Crippen LogP contribution is -2.25. The van der Waals surface area contributed by atoms with E-state index in [-0.39, 0.29) is 5.91 Å². The van der Waals surface area contributed by atoms with Crippen molar-refractivity contribution in [2.45, 2.75) is 64.8 Å². The fourth-order valence-electron chi connectivity index (χ4n) is 3.78. The largest absolute Gasteiger partial charge is 0.352 e. The van der Waals surface area contributed by atoms with Gasteiger partial charge >= 0.3 is 0 Å². The molecule has 1 aromatic heterocycles. The van der Waals surface area contributed by atoms with E-state index in [9.17, 15) is 4.79 Å². The van der Waals surface area contributed by atoms with Gasteiger partial charge in [0.2, 0.25) is 0 Å². The molecule has 1 aromatic carbocycles. The first kappa shape index (κ1) is 17.7. The van der Waals surface area contributed by atoms with Crippen LogP contribution >= 0.6 is 0 Å². The molecule has 4 nitrogen and oxygen atoms in total. The average molecular weight is 339 g/mol. The molecule has 0 bridgehead atoms. The fourth-order valence-corrected chi connectivity index (χ4v) is 3.78. The minimum absolute atomic E-state index is 0.0172. The number of amides is 1. The monoisotopic (exact) mass is 339 g/mol. The van der Waals surface area contributed by atoms with Crippen LogP contribution in [0.1, 0.15) is 71.8 Å². The lowest BCUT2D eigenvalue weighted by Gasteiger charge is -2.22. The predicted octanol–water partition coefficient (Wildman–Crippen LogP) is 4.37. The summed E-state index contributed by atoms with van der Waals surface area (Å²) in [5, 5.41) is 7.46. The SMILES string of the molecule is Cc1cc(C)n(CCCNC(=O)c2ccc(C3CCCCC3)cc2)n1. The first-order valence-electron chi connectivity index (χ1n) is 9.53. The quantitative estimate of drug-likeness (QED) is 0.795. The highest BCUT2D eigenvalue weighted by Crippen LogP contribution is 2.32. The number of hydrogen-bond acceptors (Lipinski definition) is 2. The molecule has 25 heavy (non-hydrogen) atoms. The van der Waals surface area contributed by atoms with Crippen LogP contribution in [0.25, 0.3) is 0 Å². The van der Waals surface area contributed by atoms with Gasteiger partial charge in [0.25, 0.3) is 5.91 Å². The second kappa shape index (κ2) is 8.32. The van der Waals surface area contributed by atoms with Crippen LogP contribution in [0.3, 0.4) is 0 Å². The fraction of sp³-hybridized carbons (Fsp3) is 0.524. The van der Waals surface area contributed by atoms with Crippen molar-refractivity contribution in [1.82, 2.24) is 15.1 Å². The highest BCUT2D eigenvalue weighted by molar-refractivity contribution is 5.94. The molecule has 1 saturated carbocycles. The van der Waals surface area contributed by atoms with E-state index in [4.69, 9.17) is 0 Å². The number of nitrogens with one attached hydrogen (secondary N) is 1. The van der Waals surface area contributed by atoms with Crippen LogP contribution in [0.4, 0.5) is 0 Å². The van der Waals surface area contributed by atoms with Gasteiger partial charge in [-0.05, 0) is 62.8 Å². The Morgan fingerprint density at radius 2 is 1.88 bits per heavy atom. The Labute approximate surface area is 150 Å². The van der Waals surface area contributed by atoms with Gasteiger partial charge in [-0.1, -0.05) is 31.4 Å². The van der Waals surface area contributed by atoms with Crippen LogP contribution in [-0.4, -0.2) is 22.2 Å². The molecule has 1 N–H and O–H groups in total. The summed E-state index contributed by atoms with van der Waals surface area (Å²) in [4.78, 5) is 12.3. The number of benzene rings is 1. The van der Waals surface area contributed by atoms with Crippen LogP contribution in [-0.2, 0) is 6.54 Å². The summed E-state index contributed by atoms with van der Waals surface area (Å²) >= 11 is 0. The Bertz CT molecular complexity index is 696. The van der Waals surface area contributed by atoms with E-state index in [2.05, 4.69) is 35.5 Å². The number of nitrogens with zero attached hydrogens (tertiary/aromatic N) is 2. The van der Waals surface area contributed by atoms with Crippen LogP contribution in [0.15, 0.2) is 30.3 Å². The molecule has 4 heteroatoms. The first-order valence-corrected chi connectivity index (χ1v) is 9.53. The van der Waals surface area contributed by atoms with Gasteiger partial charge in [-0.25, -0.2) is 0 Å². The zero-order valence-corrected chi connectivity index (χ0v) is 15.4. The van der Waals surface area contributed by atoms with Crippen molar-refractivity contribution >= 4 is 5.91 Å². The number of carbonyl (C=O) groups excluding carboxylic acids is 1. The van der Waals surface area contributed by atoms with Crippen molar-refractivity contribution in [2.75, 3.05) is 6.54 Å². The zero-order valence-electron chi connectivity index (χ0n) is 15.4. The number of aryl methyl sites for hydroxylation is 3. The smallest absolute Gasteiger partial charge is 0.251 e. The lowest BCUT2D eigenvalue weighted by atomic mass is 9.84. The molecule has 0 unspecified atom stereocenters. The highest BCUT2D eigenvalue weighted by Gasteiger charge is 2.15. The number of rotatable bonds is 6. The van der Waals surface area contributed by atoms with Crippen molar-refractivity contribution in [1.29, 1.82) is 0 Å². The maximum absolute atomic E-state index is 12.3. The molecule has 2 aromatic rings. The second-order valence-corrected chi connectivity index (χ2v) is 7.22. The van der Waals surface area contributed by atoms with Gasteiger partial charge in [-0.2, -0.15) is 5.10 Å². The van der Waals surface area contributed by atoms with Gasteiger partial charge in [0, 0.05) is 24.3 Å². The Hall–Kier alpha value is -2.10. The van der Waals surface area contributed by atoms with Gasteiger partial charge in [0.05, 0.1) is 5.69 Å². The summed E-state index contributed by atoms with van der Waals surface area (Å²) in [5.74, 6) is 0.704. The molecule has 0 radical (unpaired) electrons. The minimum Gasteiger partial charge on any atom is -0.352 e. The minimum atomic E-state index is 0.0172. The van der Waals surface area contributed by atoms with Crippen molar-refractivity contribution in [3.63, 3.8) is 0 Å². The third kappa shape index (κ3) is 4.71. The molecular formula is C21H29N3O. The van der Waals surface area contributed by atoms with E-state index in [0.717, 1.165) is 24.2 Å². The second-order valence-electron chi connectivity index (χ2n) is 7.22. The molecule has 1 aliphatic carbocycles. The summed E-state index contributed by atoms with van der Waals surface area (Å²) in [6, 6.07) is 10.3. The topological polar surface area (TPSA) is 46.9 Å². The summed E-state index contributed by atoms with van der Waals surface area (Å²) in [5.41, 5.74) is 4.35. The van der Waals surface area contributed by atoms with Crippen LogP contribution in [0.5, 0.6) is 0 Å². The normalized spacial score (nSPS) is 15.3. The Morgan fingerprint density at radius 1 is 1.16 bits per heavy atom. The zero-order chi connectivity index (χ0) is 17.6. The van der Waals surface area contributed by atoms with Crippen molar-refractivity contribution in [2.24, 2.45) is 0 Å². The van der Waals surface area contributed by atoms with E-state index in [1.54, 1.807) is 0 Å². The molecule has 1 amide bonds. The molecule has 1 heterocycles. The third-order valence-electron chi connectivity index (χ3n) is 5.19. The molecule has 0 aliphatic heterocycles. The number of carbonyl (C=O) groups is 1. The molecule has 134 valence electrons. The standard InChI is InChI=1S/C21H29N3O/c1-16-15-17(2)24(23-16)14-6-13-22-21(25)20-11-9-19(10-12-20)18-7-4-3-5-8-18/h9-12,15,18H,3-8,13-14H2,1-2H3,(H,22,25). The molecule has 1 aliphatic rings. The average Bonchev–Trinajstić information content (AvgIpc) is 2.97. The molecule has 3 rings (SSSR count). The number of hydrogen-bond donors (Lipinski definition) is 1. The highest BCUT2D eigenvalue weighted by atomic mass is 16.1. The molecule has 0 atom stereocenters. The van der Waals surface area contributed by atoms with Gasteiger partial charge < -0.3 is 5.32 Å². The molecule has 0 spiro atoms. The van der Waals surface area contributed by atoms with E-state index in [0.29, 0.717) is 12.5 Å². The van der Waals surface area contributed by atoms with Crippen molar-refractivity contribution in [3.05, 3.63) is 52.8 Å². The van der Waals surface area contributed by atoms with Gasteiger partial charge in [-0.3, -0.25) is 9.48 Å². The summed E-state index contributed by atoms with van der Waals surface area (Å²) in [7, 11) is 0. The van der Waals surface area contributed by atoms with E-state index in [1.165, 1.54) is 43.4 Å². The third-order valence-corrected chi connectivity index (χ3v) is 5.19. The van der Waals surface area contributed by atoms with Crippen LogP contribution in [0, 0.1) is 13.8 Å². The lowest BCUT2D eigenvalue weighted by molar-refractivity contribution is 0.0952. The predicted molar refractivity (Wildman–Crippen MR) is 101 cm³/mol. The first-order chi connectivity index (χ1) is 12.1. The maximum atomic E-state index is 12.3. The van der Waals surface area contributed by atoms with Crippen molar-refractivity contribution in [3.8, 4) is 0 Å².